The van der Waals surface area contributed by atoms with Gasteiger partial charge in [-0.3, -0.25) is 10.5 Å². The average molecular weight is 381 g/mol. The van der Waals surface area contributed by atoms with Gasteiger partial charge in [0.25, 0.3) is 5.82 Å². The summed E-state index contributed by atoms with van der Waals surface area (Å²) in [6, 6.07) is 7.22. The molecule has 0 unspecified atom stereocenters. The van der Waals surface area contributed by atoms with E-state index in [9.17, 15) is 15.2 Å². The lowest BCUT2D eigenvalue weighted by atomic mass is 9.86. The van der Waals surface area contributed by atoms with Crippen LogP contribution in [0.5, 0.6) is 11.5 Å². The summed E-state index contributed by atoms with van der Waals surface area (Å²) in [6.45, 7) is 1.85. The minimum Gasteiger partial charge on any atom is -0.504 e. The summed E-state index contributed by atoms with van der Waals surface area (Å²) < 4.78 is 6.11. The van der Waals surface area contributed by atoms with Crippen molar-refractivity contribution in [2.45, 2.75) is 19.3 Å². The van der Waals surface area contributed by atoms with E-state index in [0.29, 0.717) is 17.1 Å². The quantitative estimate of drug-likeness (QED) is 0.630. The lowest BCUT2D eigenvalue weighted by Crippen LogP contribution is -2.24. The van der Waals surface area contributed by atoms with Crippen molar-refractivity contribution in [1.82, 2.24) is 0 Å². The van der Waals surface area contributed by atoms with Gasteiger partial charge in [-0.1, -0.05) is 6.07 Å². The highest BCUT2D eigenvalue weighted by Gasteiger charge is 2.34. The summed E-state index contributed by atoms with van der Waals surface area (Å²) in [5.41, 5.74) is 9.87. The Labute approximate surface area is 159 Å². The number of nitrogen functional groups attached to an aromatic ring is 1. The number of phenols is 1. The standard InChI is InChI=1S/C19H16N4O3S/c1-8-11(7-20)18(21)23-16-15-10(6-14(25)22-19(15)27-17(8)16)9-3-4-12(24)13(5-9)26-2/h3-5,10,24H,6H2,1-2H3,(H2,21,23)(H,22,25)/p+1/t10-/m0/s1. The summed E-state index contributed by atoms with van der Waals surface area (Å²) >= 11 is 1.43. The third kappa shape index (κ3) is 2.55. The first kappa shape index (κ1) is 17.1. The number of aryl methyl sites for hydroxylation is 1. The van der Waals surface area contributed by atoms with Gasteiger partial charge in [0.05, 0.1) is 11.8 Å². The van der Waals surface area contributed by atoms with E-state index in [0.717, 1.165) is 31.9 Å². The number of nitrogens with two attached hydrogens (primary N) is 1. The second kappa shape index (κ2) is 6.14. The maximum atomic E-state index is 12.3. The Hall–Kier alpha value is -3.31. The van der Waals surface area contributed by atoms with E-state index in [1.165, 1.54) is 18.4 Å². The van der Waals surface area contributed by atoms with Gasteiger partial charge in [0.1, 0.15) is 22.2 Å². The molecule has 0 saturated heterocycles. The predicted octanol–water partition coefficient (Wildman–Crippen LogP) is 2.67. The molecule has 136 valence electrons. The molecule has 7 nitrogen and oxygen atoms in total. The zero-order chi connectivity index (χ0) is 19.3. The first-order chi connectivity index (χ1) is 12.9. The molecule has 1 amide bonds. The fraction of sp³-hybridized carbons (Fsp3) is 0.211. The second-order valence-electron chi connectivity index (χ2n) is 6.44. The van der Waals surface area contributed by atoms with Crippen LogP contribution in [-0.2, 0) is 4.79 Å². The number of carbonyl (C=O) groups is 1. The highest BCUT2D eigenvalue weighted by molar-refractivity contribution is 7.23. The number of benzene rings is 1. The number of pyridine rings is 1. The lowest BCUT2D eigenvalue weighted by Gasteiger charge is -2.23. The highest BCUT2D eigenvalue weighted by Crippen LogP contribution is 2.47. The van der Waals surface area contributed by atoms with E-state index in [4.69, 9.17) is 10.5 Å². The maximum Gasteiger partial charge on any atom is 0.289 e. The number of aromatic amines is 1. The van der Waals surface area contributed by atoms with Crippen molar-refractivity contribution in [3.05, 3.63) is 40.5 Å². The molecule has 3 aromatic rings. The van der Waals surface area contributed by atoms with Crippen LogP contribution in [-0.4, -0.2) is 18.1 Å². The highest BCUT2D eigenvalue weighted by atomic mass is 32.1. The molecule has 1 aromatic carbocycles. The maximum absolute atomic E-state index is 12.3. The molecule has 0 fully saturated rings. The molecule has 5 N–H and O–H groups in total. The number of hydrogen-bond donors (Lipinski definition) is 3. The van der Waals surface area contributed by atoms with Crippen LogP contribution in [0.25, 0.3) is 10.2 Å². The summed E-state index contributed by atoms with van der Waals surface area (Å²) in [4.78, 5) is 15.5. The number of hydrogen-bond acceptors (Lipinski definition) is 6. The van der Waals surface area contributed by atoms with Gasteiger partial charge in [0, 0.05) is 17.9 Å². The Morgan fingerprint density at radius 2 is 2.26 bits per heavy atom. The third-order valence-corrected chi connectivity index (χ3v) is 6.14. The van der Waals surface area contributed by atoms with Gasteiger partial charge < -0.3 is 15.2 Å². The Bertz CT molecular complexity index is 1150. The number of carbonyl (C=O) groups excluding carboxylic acids is 1. The van der Waals surface area contributed by atoms with E-state index in [-0.39, 0.29) is 24.0 Å². The molecular weight excluding hydrogens is 364 g/mol. The van der Waals surface area contributed by atoms with E-state index >= 15 is 0 Å². The van der Waals surface area contributed by atoms with Crippen LogP contribution in [0.3, 0.4) is 0 Å². The van der Waals surface area contributed by atoms with Gasteiger partial charge >= 0.3 is 0 Å². The Balaban J connectivity index is 1.99. The molecule has 1 atom stereocenters. The van der Waals surface area contributed by atoms with Gasteiger partial charge in [0.2, 0.25) is 5.91 Å². The number of aromatic hydroxyl groups is 1. The zero-order valence-electron chi connectivity index (χ0n) is 14.7. The summed E-state index contributed by atoms with van der Waals surface area (Å²) in [6.07, 6.45) is 0.263. The largest absolute Gasteiger partial charge is 0.504 e. The van der Waals surface area contributed by atoms with E-state index < -0.39 is 0 Å². The number of anilines is 2. The molecule has 3 heterocycles. The number of ether oxygens (including phenoxy) is 1. The minimum atomic E-state index is -0.222. The number of nitrogens with zero attached hydrogens (tertiary/aromatic N) is 1. The molecule has 27 heavy (non-hydrogen) atoms. The number of nitriles is 1. The Morgan fingerprint density at radius 3 is 2.96 bits per heavy atom. The van der Waals surface area contributed by atoms with Crippen molar-refractivity contribution in [3.8, 4) is 17.6 Å². The molecule has 0 spiro atoms. The fourth-order valence-corrected chi connectivity index (χ4v) is 4.82. The number of H-pyrrole nitrogens is 1. The summed E-state index contributed by atoms with van der Waals surface area (Å²) in [5.74, 6) is 0.396. The monoisotopic (exact) mass is 381 g/mol. The van der Waals surface area contributed by atoms with Gasteiger partial charge in [-0.2, -0.15) is 5.26 Å². The van der Waals surface area contributed by atoms with Crippen molar-refractivity contribution < 1.29 is 19.6 Å². The molecule has 1 aliphatic rings. The number of fused-ring (bicyclic) bond motifs is 3. The lowest BCUT2D eigenvalue weighted by molar-refractivity contribution is -0.327. The first-order valence-corrected chi connectivity index (χ1v) is 9.10. The Kier molecular flexibility index (Phi) is 3.89. The SMILES string of the molecule is COc1cc([C@@H]2CC(=O)Nc3sc4c(C)c(C#N)c(N)[nH+]c4c32)ccc1O. The van der Waals surface area contributed by atoms with Gasteiger partial charge in [0.15, 0.2) is 11.5 Å². The summed E-state index contributed by atoms with van der Waals surface area (Å²) in [7, 11) is 1.49. The average Bonchev–Trinajstić information content (AvgIpc) is 3.00. The number of thiophene rings is 1. The van der Waals surface area contributed by atoms with E-state index in [2.05, 4.69) is 16.4 Å². The molecule has 0 radical (unpaired) electrons. The van der Waals surface area contributed by atoms with Crippen molar-refractivity contribution >= 4 is 38.3 Å². The molecule has 8 heteroatoms. The van der Waals surface area contributed by atoms with Crippen molar-refractivity contribution in [1.29, 1.82) is 5.26 Å². The van der Waals surface area contributed by atoms with Gasteiger partial charge in [-0.05, 0) is 30.2 Å². The molecule has 1 aliphatic heterocycles. The molecule has 4 rings (SSSR count). The van der Waals surface area contributed by atoms with E-state index in [1.54, 1.807) is 18.2 Å². The van der Waals surface area contributed by atoms with Crippen LogP contribution < -0.4 is 20.8 Å². The summed E-state index contributed by atoms with van der Waals surface area (Å²) in [5, 5.41) is 22.9. The van der Waals surface area contributed by atoms with Crippen LogP contribution in [0.4, 0.5) is 10.8 Å². The first-order valence-electron chi connectivity index (χ1n) is 8.29. The smallest absolute Gasteiger partial charge is 0.289 e. The third-order valence-electron chi connectivity index (χ3n) is 4.90. The Morgan fingerprint density at radius 1 is 1.48 bits per heavy atom. The molecule has 0 aliphatic carbocycles. The minimum absolute atomic E-state index is 0.0437. The van der Waals surface area contributed by atoms with E-state index in [1.807, 2.05) is 6.92 Å². The number of methoxy groups -OCH3 is 1. The molecular formula is C19H17N4O3S+. The molecule has 0 saturated carbocycles. The molecule has 0 bridgehead atoms. The predicted molar refractivity (Wildman–Crippen MR) is 102 cm³/mol. The van der Waals surface area contributed by atoms with Crippen molar-refractivity contribution in [2.75, 3.05) is 18.2 Å². The zero-order valence-corrected chi connectivity index (χ0v) is 15.5. The van der Waals surface area contributed by atoms with Crippen LogP contribution in [0.15, 0.2) is 18.2 Å². The van der Waals surface area contributed by atoms with Gasteiger partial charge in [-0.25, -0.2) is 4.98 Å². The second-order valence-corrected chi connectivity index (χ2v) is 7.46. The fourth-order valence-electron chi connectivity index (χ4n) is 3.57. The number of nitrogens with one attached hydrogen (secondary N) is 2. The number of amides is 1. The van der Waals surface area contributed by atoms with Gasteiger partial charge in [-0.15, -0.1) is 11.3 Å². The van der Waals surface area contributed by atoms with Crippen LogP contribution in [0.2, 0.25) is 0 Å². The number of aromatic nitrogens is 1. The number of rotatable bonds is 2. The van der Waals surface area contributed by atoms with Crippen LogP contribution >= 0.6 is 11.3 Å². The molecule has 2 aromatic heterocycles. The van der Waals surface area contributed by atoms with Crippen LogP contribution in [0.1, 0.15) is 34.6 Å². The number of phenolic OH excluding ortho intramolecular Hbond substituents is 1. The topological polar surface area (TPSA) is 123 Å². The van der Waals surface area contributed by atoms with Crippen molar-refractivity contribution in [2.24, 2.45) is 0 Å². The normalized spacial score (nSPS) is 15.9. The van der Waals surface area contributed by atoms with Crippen molar-refractivity contribution in [3.63, 3.8) is 0 Å². The van der Waals surface area contributed by atoms with Crippen LogP contribution in [0, 0.1) is 18.3 Å².